The van der Waals surface area contributed by atoms with Crippen molar-refractivity contribution in [3.63, 3.8) is 0 Å². The van der Waals surface area contributed by atoms with Gasteiger partial charge in [-0.05, 0) is 52.7 Å². The van der Waals surface area contributed by atoms with E-state index in [4.69, 9.17) is 0 Å². The van der Waals surface area contributed by atoms with Crippen molar-refractivity contribution >= 4 is 47.6 Å². The molecule has 0 amide bonds. The van der Waals surface area contributed by atoms with Gasteiger partial charge in [0.1, 0.15) is 4.90 Å². The molecule has 0 aliphatic heterocycles. The number of aryl methyl sites for hydroxylation is 1. The summed E-state index contributed by atoms with van der Waals surface area (Å²) in [6.45, 7) is 1.89. The molecule has 0 fully saturated rings. The predicted octanol–water partition coefficient (Wildman–Crippen LogP) is 3.72. The van der Waals surface area contributed by atoms with Gasteiger partial charge in [0.2, 0.25) is 0 Å². The molecule has 1 heterocycles. The van der Waals surface area contributed by atoms with E-state index in [1.807, 2.05) is 13.0 Å². The van der Waals surface area contributed by atoms with Crippen LogP contribution in [0.3, 0.4) is 0 Å². The molecule has 1 aromatic heterocycles. The van der Waals surface area contributed by atoms with Crippen LogP contribution in [0.25, 0.3) is 0 Å². The molecular weight excluding hydrogens is 396 g/mol. The smallest absolute Gasteiger partial charge is 0.263 e. The first kappa shape index (κ1) is 14.5. The Kier molecular flexibility index (Phi) is 4.27. The summed E-state index contributed by atoms with van der Waals surface area (Å²) in [4.78, 5) is 3.96. The number of pyridine rings is 1. The SMILES string of the molecule is Cc1cc(Br)cc(NS(=O)(=O)c2cncc(Br)c2)c1. The number of halogens is 2. The molecule has 2 rings (SSSR count). The Labute approximate surface area is 128 Å². The molecule has 0 aliphatic rings. The van der Waals surface area contributed by atoms with Crippen molar-refractivity contribution in [2.24, 2.45) is 0 Å². The normalized spacial score (nSPS) is 11.3. The minimum absolute atomic E-state index is 0.111. The first-order chi connectivity index (χ1) is 8.87. The average molecular weight is 406 g/mol. The molecule has 19 heavy (non-hydrogen) atoms. The maximum Gasteiger partial charge on any atom is 0.263 e. The highest BCUT2D eigenvalue weighted by atomic mass is 79.9. The van der Waals surface area contributed by atoms with Gasteiger partial charge in [-0.2, -0.15) is 0 Å². The van der Waals surface area contributed by atoms with E-state index < -0.39 is 10.0 Å². The molecule has 0 bridgehead atoms. The zero-order chi connectivity index (χ0) is 14.0. The summed E-state index contributed by atoms with van der Waals surface area (Å²) in [5.41, 5.74) is 1.46. The van der Waals surface area contributed by atoms with Gasteiger partial charge in [-0.1, -0.05) is 15.9 Å². The van der Waals surface area contributed by atoms with Gasteiger partial charge in [0.15, 0.2) is 0 Å². The molecule has 0 saturated heterocycles. The second kappa shape index (κ2) is 5.60. The van der Waals surface area contributed by atoms with E-state index in [1.165, 1.54) is 18.5 Å². The van der Waals surface area contributed by atoms with Crippen molar-refractivity contribution < 1.29 is 8.42 Å². The number of benzene rings is 1. The summed E-state index contributed by atoms with van der Waals surface area (Å²) in [6, 6.07) is 6.86. The summed E-state index contributed by atoms with van der Waals surface area (Å²) < 4.78 is 28.3. The lowest BCUT2D eigenvalue weighted by Gasteiger charge is -2.09. The van der Waals surface area contributed by atoms with Gasteiger partial charge in [-0.25, -0.2) is 8.42 Å². The van der Waals surface area contributed by atoms with Gasteiger partial charge in [0.25, 0.3) is 10.0 Å². The molecule has 0 aliphatic carbocycles. The fourth-order valence-electron chi connectivity index (χ4n) is 1.55. The summed E-state index contributed by atoms with van der Waals surface area (Å²) in [6.07, 6.45) is 2.83. The molecule has 0 atom stereocenters. The molecular formula is C12H10Br2N2O2S. The minimum Gasteiger partial charge on any atom is -0.280 e. The van der Waals surface area contributed by atoms with Crippen molar-refractivity contribution in [3.8, 4) is 0 Å². The molecule has 100 valence electrons. The zero-order valence-electron chi connectivity index (χ0n) is 9.89. The monoisotopic (exact) mass is 404 g/mol. The molecule has 4 nitrogen and oxygen atoms in total. The highest BCUT2D eigenvalue weighted by Gasteiger charge is 2.15. The lowest BCUT2D eigenvalue weighted by Crippen LogP contribution is -2.13. The van der Waals surface area contributed by atoms with E-state index >= 15 is 0 Å². The summed E-state index contributed by atoms with van der Waals surface area (Å²) in [5, 5.41) is 0. The van der Waals surface area contributed by atoms with Crippen LogP contribution >= 0.6 is 31.9 Å². The van der Waals surface area contributed by atoms with Gasteiger partial charge in [0, 0.05) is 21.3 Å². The highest BCUT2D eigenvalue weighted by Crippen LogP contribution is 2.22. The first-order valence-corrected chi connectivity index (χ1v) is 8.34. The lowest BCUT2D eigenvalue weighted by molar-refractivity contribution is 0.600. The van der Waals surface area contributed by atoms with Crippen LogP contribution in [0.5, 0.6) is 0 Å². The molecule has 7 heteroatoms. The fourth-order valence-corrected chi connectivity index (χ4v) is 3.70. The maximum atomic E-state index is 12.2. The standard InChI is InChI=1S/C12H10Br2N2O2S/c1-8-2-9(13)4-11(3-8)16-19(17,18)12-5-10(14)6-15-7-12/h2-7,16H,1H3. The summed E-state index contributed by atoms with van der Waals surface area (Å²) >= 11 is 6.53. The Balaban J connectivity index is 2.36. The molecule has 1 aromatic carbocycles. The molecule has 0 saturated carbocycles. The third-order valence-electron chi connectivity index (χ3n) is 2.28. The van der Waals surface area contributed by atoms with Crippen LogP contribution in [-0.4, -0.2) is 13.4 Å². The van der Waals surface area contributed by atoms with Gasteiger partial charge >= 0.3 is 0 Å². The number of nitrogens with one attached hydrogen (secondary N) is 1. The van der Waals surface area contributed by atoms with E-state index in [1.54, 1.807) is 12.1 Å². The van der Waals surface area contributed by atoms with Crippen molar-refractivity contribution in [3.05, 3.63) is 51.2 Å². The summed E-state index contributed by atoms with van der Waals surface area (Å²) in [5.74, 6) is 0. The van der Waals surface area contributed by atoms with E-state index in [0.717, 1.165) is 10.0 Å². The van der Waals surface area contributed by atoms with Gasteiger partial charge in [-0.15, -0.1) is 0 Å². The number of sulfonamides is 1. The highest BCUT2D eigenvalue weighted by molar-refractivity contribution is 9.10. The number of nitrogens with zero attached hydrogens (tertiary/aromatic N) is 1. The summed E-state index contributed by atoms with van der Waals surface area (Å²) in [7, 11) is -3.63. The van der Waals surface area contributed by atoms with Gasteiger partial charge in [0.05, 0.1) is 5.69 Å². The Bertz CT molecular complexity index is 697. The van der Waals surface area contributed by atoms with Crippen molar-refractivity contribution in [1.82, 2.24) is 4.98 Å². The van der Waals surface area contributed by atoms with E-state index in [2.05, 4.69) is 41.6 Å². The van der Waals surface area contributed by atoms with Crippen LogP contribution in [0, 0.1) is 6.92 Å². The zero-order valence-corrected chi connectivity index (χ0v) is 13.9. The van der Waals surface area contributed by atoms with Crippen molar-refractivity contribution in [2.45, 2.75) is 11.8 Å². The quantitative estimate of drug-likeness (QED) is 0.846. The van der Waals surface area contributed by atoms with Crippen molar-refractivity contribution in [2.75, 3.05) is 4.72 Å². The Morgan fingerprint density at radius 1 is 1.05 bits per heavy atom. The van der Waals surface area contributed by atoms with Crippen LogP contribution in [-0.2, 0) is 10.0 Å². The molecule has 2 aromatic rings. The Hall–Kier alpha value is -0.920. The Morgan fingerprint density at radius 3 is 2.42 bits per heavy atom. The number of hydrogen-bond donors (Lipinski definition) is 1. The third kappa shape index (κ3) is 3.77. The topological polar surface area (TPSA) is 59.1 Å². The van der Waals surface area contributed by atoms with Crippen LogP contribution in [0.4, 0.5) is 5.69 Å². The third-order valence-corrected chi connectivity index (χ3v) is 4.52. The molecule has 0 unspecified atom stereocenters. The largest absolute Gasteiger partial charge is 0.280 e. The lowest BCUT2D eigenvalue weighted by atomic mass is 10.2. The number of anilines is 1. The van der Waals surface area contributed by atoms with Crippen LogP contribution in [0.1, 0.15) is 5.56 Å². The fraction of sp³-hybridized carbons (Fsp3) is 0.0833. The van der Waals surface area contributed by atoms with E-state index in [9.17, 15) is 8.42 Å². The molecule has 1 N–H and O–H groups in total. The van der Waals surface area contributed by atoms with Gasteiger partial charge < -0.3 is 0 Å². The predicted molar refractivity (Wildman–Crippen MR) is 81.6 cm³/mol. The van der Waals surface area contributed by atoms with E-state index in [0.29, 0.717) is 10.2 Å². The second-order valence-corrected chi connectivity index (χ2v) is 7.48. The van der Waals surface area contributed by atoms with Gasteiger partial charge in [-0.3, -0.25) is 9.71 Å². The average Bonchev–Trinajstić information content (AvgIpc) is 2.26. The first-order valence-electron chi connectivity index (χ1n) is 5.27. The maximum absolute atomic E-state index is 12.2. The van der Waals surface area contributed by atoms with Crippen LogP contribution in [0.2, 0.25) is 0 Å². The van der Waals surface area contributed by atoms with Crippen LogP contribution < -0.4 is 4.72 Å². The van der Waals surface area contributed by atoms with E-state index in [-0.39, 0.29) is 4.90 Å². The van der Waals surface area contributed by atoms with Crippen LogP contribution in [0.15, 0.2) is 50.5 Å². The molecule has 0 spiro atoms. The second-order valence-electron chi connectivity index (χ2n) is 3.96. The number of hydrogen-bond acceptors (Lipinski definition) is 3. The number of rotatable bonds is 3. The minimum atomic E-state index is -3.63. The Morgan fingerprint density at radius 2 is 1.79 bits per heavy atom. The van der Waals surface area contributed by atoms with Crippen molar-refractivity contribution in [1.29, 1.82) is 0 Å². The number of aromatic nitrogens is 1. The molecule has 0 radical (unpaired) electrons.